The highest BCUT2D eigenvalue weighted by atomic mass is 16.5. The third-order valence-electron chi connectivity index (χ3n) is 4.38. The monoisotopic (exact) mass is 274 g/mol. The molecule has 0 saturated carbocycles. The van der Waals surface area contributed by atoms with E-state index in [4.69, 9.17) is 4.74 Å². The highest BCUT2D eigenvalue weighted by Gasteiger charge is 2.32. The Morgan fingerprint density at radius 2 is 2.00 bits per heavy atom. The van der Waals surface area contributed by atoms with Crippen LogP contribution in [0.15, 0.2) is 29.8 Å². The van der Waals surface area contributed by atoms with E-state index in [-0.39, 0.29) is 11.8 Å². The maximum atomic E-state index is 11.3. The van der Waals surface area contributed by atoms with Gasteiger partial charge in [-0.2, -0.15) is 0 Å². The average Bonchev–Trinajstić information content (AvgIpc) is 2.46. The van der Waals surface area contributed by atoms with E-state index in [2.05, 4.69) is 19.1 Å². The van der Waals surface area contributed by atoms with Crippen molar-refractivity contribution in [2.75, 3.05) is 7.11 Å². The molecule has 0 spiro atoms. The second-order valence-corrected chi connectivity index (χ2v) is 5.36. The number of carboxylic acid groups (broad SMARTS) is 1. The molecule has 0 aromatic heterocycles. The molecule has 0 radical (unpaired) electrons. The Balaban J connectivity index is 2.37. The molecule has 1 aliphatic rings. The number of carboxylic acids is 1. The van der Waals surface area contributed by atoms with Gasteiger partial charge in [0.25, 0.3) is 0 Å². The molecule has 0 fully saturated rings. The van der Waals surface area contributed by atoms with Crippen LogP contribution in [-0.2, 0) is 4.79 Å². The van der Waals surface area contributed by atoms with Crippen molar-refractivity contribution in [1.29, 1.82) is 0 Å². The first-order chi connectivity index (χ1) is 9.58. The summed E-state index contributed by atoms with van der Waals surface area (Å²) in [6, 6.07) is 8.06. The number of methoxy groups -OCH3 is 1. The van der Waals surface area contributed by atoms with E-state index >= 15 is 0 Å². The van der Waals surface area contributed by atoms with Gasteiger partial charge in [-0.3, -0.25) is 4.79 Å². The SMILES string of the molecule is CCC1=C(c2ccc(OC)cc2)CC[C@H](C(=O)O)[C@@H]1C. The first-order valence-corrected chi connectivity index (χ1v) is 7.17. The fraction of sp³-hybridized carbons (Fsp3) is 0.471. The molecule has 0 amide bonds. The topological polar surface area (TPSA) is 46.5 Å². The molecule has 20 heavy (non-hydrogen) atoms. The van der Waals surface area contributed by atoms with Crippen molar-refractivity contribution in [3.05, 3.63) is 35.4 Å². The lowest BCUT2D eigenvalue weighted by molar-refractivity contribution is -0.143. The normalized spacial score (nSPS) is 22.8. The van der Waals surface area contributed by atoms with Crippen LogP contribution >= 0.6 is 0 Å². The van der Waals surface area contributed by atoms with Crippen molar-refractivity contribution in [2.24, 2.45) is 11.8 Å². The third-order valence-corrected chi connectivity index (χ3v) is 4.38. The number of ether oxygens (including phenoxy) is 1. The van der Waals surface area contributed by atoms with E-state index in [0.29, 0.717) is 0 Å². The van der Waals surface area contributed by atoms with Crippen LogP contribution < -0.4 is 4.74 Å². The summed E-state index contributed by atoms with van der Waals surface area (Å²) >= 11 is 0. The quantitative estimate of drug-likeness (QED) is 0.903. The third kappa shape index (κ3) is 2.72. The first-order valence-electron chi connectivity index (χ1n) is 7.17. The van der Waals surface area contributed by atoms with Crippen molar-refractivity contribution in [3.8, 4) is 5.75 Å². The molecule has 0 saturated heterocycles. The molecule has 3 heteroatoms. The Hall–Kier alpha value is -1.77. The molecule has 2 atom stereocenters. The Bertz CT molecular complexity index is 514. The lowest BCUT2D eigenvalue weighted by Gasteiger charge is -2.31. The minimum atomic E-state index is -0.669. The lowest BCUT2D eigenvalue weighted by atomic mass is 9.73. The van der Waals surface area contributed by atoms with Crippen LogP contribution in [-0.4, -0.2) is 18.2 Å². The highest BCUT2D eigenvalue weighted by molar-refractivity contribution is 5.76. The Morgan fingerprint density at radius 3 is 2.50 bits per heavy atom. The number of carbonyl (C=O) groups is 1. The zero-order valence-electron chi connectivity index (χ0n) is 12.3. The number of hydrogen-bond donors (Lipinski definition) is 1. The molecule has 1 aromatic carbocycles. The van der Waals surface area contributed by atoms with Gasteiger partial charge in [0.2, 0.25) is 0 Å². The maximum Gasteiger partial charge on any atom is 0.307 e. The minimum absolute atomic E-state index is 0.114. The number of benzene rings is 1. The molecular formula is C17H22O3. The van der Waals surface area contributed by atoms with E-state index in [1.807, 2.05) is 19.1 Å². The summed E-state index contributed by atoms with van der Waals surface area (Å²) in [5.41, 5.74) is 3.80. The van der Waals surface area contributed by atoms with Gasteiger partial charge in [0, 0.05) is 0 Å². The van der Waals surface area contributed by atoms with Gasteiger partial charge >= 0.3 is 5.97 Å². The summed E-state index contributed by atoms with van der Waals surface area (Å²) < 4.78 is 5.19. The summed E-state index contributed by atoms with van der Waals surface area (Å²) in [6.45, 7) is 4.15. The van der Waals surface area contributed by atoms with Crippen LogP contribution in [0.1, 0.15) is 38.7 Å². The van der Waals surface area contributed by atoms with E-state index in [1.54, 1.807) is 7.11 Å². The molecule has 0 bridgehead atoms. The number of aliphatic carboxylic acids is 1. The van der Waals surface area contributed by atoms with E-state index < -0.39 is 5.97 Å². The van der Waals surface area contributed by atoms with Crippen molar-refractivity contribution in [2.45, 2.75) is 33.1 Å². The zero-order valence-corrected chi connectivity index (χ0v) is 12.3. The molecule has 1 aromatic rings. The number of rotatable bonds is 4. The molecule has 0 aliphatic heterocycles. The van der Waals surface area contributed by atoms with Crippen LogP contribution in [0.3, 0.4) is 0 Å². The molecule has 108 valence electrons. The molecule has 1 N–H and O–H groups in total. The number of allylic oxidation sites excluding steroid dienone is 2. The van der Waals surface area contributed by atoms with Crippen molar-refractivity contribution < 1.29 is 14.6 Å². The van der Waals surface area contributed by atoms with Gasteiger partial charge in [-0.1, -0.05) is 31.6 Å². The Kier molecular flexibility index (Phi) is 4.48. The summed E-state index contributed by atoms with van der Waals surface area (Å²) in [6.07, 6.45) is 2.48. The summed E-state index contributed by atoms with van der Waals surface area (Å²) in [4.78, 5) is 11.3. The van der Waals surface area contributed by atoms with E-state index in [9.17, 15) is 9.90 Å². The van der Waals surface area contributed by atoms with Gasteiger partial charge in [-0.15, -0.1) is 0 Å². The maximum absolute atomic E-state index is 11.3. The number of hydrogen-bond acceptors (Lipinski definition) is 2. The molecule has 2 rings (SSSR count). The molecule has 3 nitrogen and oxygen atoms in total. The van der Waals surface area contributed by atoms with Crippen LogP contribution in [0, 0.1) is 11.8 Å². The van der Waals surface area contributed by atoms with Gasteiger partial charge in [0.1, 0.15) is 5.75 Å². The van der Waals surface area contributed by atoms with Crippen molar-refractivity contribution in [1.82, 2.24) is 0 Å². The van der Waals surface area contributed by atoms with Crippen LogP contribution in [0.2, 0.25) is 0 Å². The second kappa shape index (κ2) is 6.12. The fourth-order valence-corrected chi connectivity index (χ4v) is 3.22. The largest absolute Gasteiger partial charge is 0.497 e. The highest BCUT2D eigenvalue weighted by Crippen LogP contribution is 2.41. The van der Waals surface area contributed by atoms with Gasteiger partial charge < -0.3 is 9.84 Å². The zero-order chi connectivity index (χ0) is 14.7. The van der Waals surface area contributed by atoms with Gasteiger partial charge in [-0.05, 0) is 48.4 Å². The van der Waals surface area contributed by atoms with Crippen LogP contribution in [0.4, 0.5) is 0 Å². The van der Waals surface area contributed by atoms with Crippen LogP contribution in [0.25, 0.3) is 5.57 Å². The molecular weight excluding hydrogens is 252 g/mol. The minimum Gasteiger partial charge on any atom is -0.497 e. The van der Waals surface area contributed by atoms with E-state index in [0.717, 1.165) is 25.0 Å². The first kappa shape index (κ1) is 14.6. The van der Waals surface area contributed by atoms with Gasteiger partial charge in [0.05, 0.1) is 13.0 Å². The summed E-state index contributed by atoms with van der Waals surface area (Å²) in [7, 11) is 1.66. The standard InChI is InChI=1S/C17H22O3/c1-4-14-11(2)15(17(18)19)9-10-16(14)12-5-7-13(20-3)8-6-12/h5-8,11,15H,4,9-10H2,1-3H3,(H,18,19)/t11-,15+/m1/s1. The molecule has 0 unspecified atom stereocenters. The van der Waals surface area contributed by atoms with Crippen molar-refractivity contribution in [3.63, 3.8) is 0 Å². The predicted octanol–water partition coefficient (Wildman–Crippen LogP) is 3.99. The van der Waals surface area contributed by atoms with E-state index in [1.165, 1.54) is 16.7 Å². The smallest absolute Gasteiger partial charge is 0.307 e. The lowest BCUT2D eigenvalue weighted by Crippen LogP contribution is -2.27. The molecule has 1 aliphatic carbocycles. The molecule has 0 heterocycles. The summed E-state index contributed by atoms with van der Waals surface area (Å²) in [5.74, 6) is 0.0483. The average molecular weight is 274 g/mol. The summed E-state index contributed by atoms with van der Waals surface area (Å²) in [5, 5.41) is 9.31. The van der Waals surface area contributed by atoms with Gasteiger partial charge in [-0.25, -0.2) is 0 Å². The predicted molar refractivity (Wildman–Crippen MR) is 79.7 cm³/mol. The second-order valence-electron chi connectivity index (χ2n) is 5.36. The van der Waals surface area contributed by atoms with Crippen molar-refractivity contribution >= 4 is 11.5 Å². The Labute approximate surface area is 120 Å². The van der Waals surface area contributed by atoms with Gasteiger partial charge in [0.15, 0.2) is 0 Å². The van der Waals surface area contributed by atoms with Crippen LogP contribution in [0.5, 0.6) is 5.75 Å². The fourth-order valence-electron chi connectivity index (χ4n) is 3.22. The Morgan fingerprint density at radius 1 is 1.35 bits per heavy atom.